The van der Waals surface area contributed by atoms with Gasteiger partial charge in [0.2, 0.25) is 20.8 Å². The maximum Gasteiger partial charge on any atom is 0.323 e. The third kappa shape index (κ3) is 13.8. The van der Waals surface area contributed by atoms with Gasteiger partial charge >= 0.3 is 12.1 Å². The average Bonchev–Trinajstić information content (AvgIpc) is 3.70. The highest BCUT2D eigenvalue weighted by molar-refractivity contribution is 7.81. The van der Waals surface area contributed by atoms with E-state index in [0.29, 0.717) is 22.7 Å². The molecule has 5 rings (SSSR count). The van der Waals surface area contributed by atoms with Crippen molar-refractivity contribution in [1.29, 1.82) is 0 Å². The van der Waals surface area contributed by atoms with E-state index in [4.69, 9.17) is 0 Å². The molecule has 20 nitrogen and oxygen atoms in total. The predicted octanol–water partition coefficient (Wildman–Crippen LogP) is 1.18. The van der Waals surface area contributed by atoms with E-state index in [1.54, 1.807) is 67.3 Å². The standard InChI is InChI=1S/C26H24N10O2.2CH4O4S/c1-33-15-17-35(31-33)23-11-7-21(8-12-23)29-25(37)27-19-3-5-20(6-4-19)28-26(38)30-22-9-13-24(14-10-22)36-18-16-34(2)32-36;2*1-5-6(2,3)4/h3-18,31H,1-2H3,(H-,29,30,32,37,38);2*1H3,(H,2,3,4). The number of rotatable bonds is 8. The fourth-order valence-corrected chi connectivity index (χ4v) is 3.64. The molecule has 3 aromatic carbocycles. The molecule has 0 aliphatic carbocycles. The summed E-state index contributed by atoms with van der Waals surface area (Å²) in [7, 11) is -3.52. The topological polar surface area (TPSA) is 259 Å². The molecule has 4 N–H and O–H groups in total. The van der Waals surface area contributed by atoms with Gasteiger partial charge in [0.15, 0.2) is 36.2 Å². The van der Waals surface area contributed by atoms with E-state index >= 15 is 0 Å². The molecule has 50 heavy (non-hydrogen) atoms. The Morgan fingerprint density at radius 3 is 1.02 bits per heavy atom. The van der Waals surface area contributed by atoms with Gasteiger partial charge in [0, 0.05) is 22.7 Å². The first kappa shape index (κ1) is 38.7. The van der Waals surface area contributed by atoms with Crippen LogP contribution in [0.2, 0.25) is 0 Å². The Morgan fingerprint density at radius 2 is 0.820 bits per heavy atom. The molecule has 0 bridgehead atoms. The smallest absolute Gasteiger partial charge is 0.323 e. The number of aryl methyl sites for hydroxylation is 2. The van der Waals surface area contributed by atoms with E-state index in [9.17, 15) is 35.5 Å². The van der Waals surface area contributed by atoms with Crippen molar-refractivity contribution in [2.45, 2.75) is 0 Å². The Labute approximate surface area is 286 Å². The second-order valence-electron chi connectivity index (χ2n) is 9.59. The largest absolute Gasteiger partial charge is 0.726 e. The van der Waals surface area contributed by atoms with Crippen LogP contribution in [0.15, 0.2) is 97.6 Å². The van der Waals surface area contributed by atoms with Gasteiger partial charge in [-0.05, 0) is 72.8 Å². The minimum Gasteiger partial charge on any atom is -0.726 e. The number of hydrogen-bond acceptors (Lipinski definition) is 12. The van der Waals surface area contributed by atoms with Crippen molar-refractivity contribution in [2.75, 3.05) is 35.5 Å². The van der Waals surface area contributed by atoms with Gasteiger partial charge in [0.25, 0.3) is 0 Å². The molecular formula is C28H32N10O10S2. The molecule has 5 aromatic rings. The van der Waals surface area contributed by atoms with Gasteiger partial charge in [0.05, 0.1) is 24.6 Å². The molecule has 2 aromatic heterocycles. The van der Waals surface area contributed by atoms with Crippen molar-refractivity contribution in [3.63, 3.8) is 0 Å². The quantitative estimate of drug-likeness (QED) is 0.0996. The second-order valence-corrected chi connectivity index (χ2v) is 11.9. The maximum atomic E-state index is 12.4. The Bertz CT molecular complexity index is 1930. The molecule has 22 heteroatoms. The number of nitrogens with zero attached hydrogens (tertiary/aromatic N) is 6. The fourth-order valence-electron chi connectivity index (χ4n) is 3.64. The van der Waals surface area contributed by atoms with Crippen LogP contribution in [-0.2, 0) is 43.3 Å². The van der Waals surface area contributed by atoms with Crippen molar-refractivity contribution in [3.05, 3.63) is 97.6 Å². The van der Waals surface area contributed by atoms with Gasteiger partial charge in [-0.25, -0.2) is 26.4 Å². The van der Waals surface area contributed by atoms with Gasteiger partial charge in [0.1, 0.15) is 14.1 Å². The van der Waals surface area contributed by atoms with Gasteiger partial charge < -0.3 is 30.4 Å². The fraction of sp³-hybridized carbons (Fsp3) is 0.143. The predicted molar refractivity (Wildman–Crippen MR) is 175 cm³/mol. The summed E-state index contributed by atoms with van der Waals surface area (Å²) in [6.07, 6.45) is 7.37. The Kier molecular flexibility index (Phi) is 13.6. The van der Waals surface area contributed by atoms with Crippen LogP contribution in [0, 0.1) is 0 Å². The summed E-state index contributed by atoms with van der Waals surface area (Å²) in [4.78, 5) is 24.8. The van der Waals surface area contributed by atoms with Crippen molar-refractivity contribution >= 4 is 55.6 Å². The summed E-state index contributed by atoms with van der Waals surface area (Å²) in [6, 6.07) is 20.7. The van der Waals surface area contributed by atoms with Gasteiger partial charge in [-0.2, -0.15) is 0 Å². The van der Waals surface area contributed by atoms with Crippen molar-refractivity contribution in [2.24, 2.45) is 14.1 Å². The number of aromatic nitrogens is 6. The molecule has 0 fully saturated rings. The third-order valence-electron chi connectivity index (χ3n) is 5.91. The van der Waals surface area contributed by atoms with Crippen molar-refractivity contribution in [3.8, 4) is 11.4 Å². The number of carbonyl (C=O) groups is 2. The van der Waals surface area contributed by atoms with E-state index in [0.717, 1.165) is 25.6 Å². The minimum absolute atomic E-state index is 0.381. The highest BCUT2D eigenvalue weighted by Gasteiger charge is 2.10. The molecule has 0 aliphatic heterocycles. The summed E-state index contributed by atoms with van der Waals surface area (Å²) in [5, 5.41) is 19.7. The first-order chi connectivity index (χ1) is 23.5. The molecule has 2 heterocycles. The molecule has 0 unspecified atom stereocenters. The van der Waals surface area contributed by atoms with Crippen LogP contribution in [0.1, 0.15) is 0 Å². The molecule has 0 radical (unpaired) electrons. The summed E-state index contributed by atoms with van der Waals surface area (Å²) in [6.45, 7) is 0. The molecule has 0 atom stereocenters. The van der Waals surface area contributed by atoms with Gasteiger partial charge in [-0.15, -0.1) is 18.7 Å². The third-order valence-corrected chi connectivity index (χ3v) is 6.73. The lowest BCUT2D eigenvalue weighted by molar-refractivity contribution is -0.731. The second kappa shape index (κ2) is 17.6. The van der Waals surface area contributed by atoms with E-state index in [1.165, 1.54) is 0 Å². The van der Waals surface area contributed by atoms with Gasteiger partial charge in [-0.1, -0.05) is 0 Å². The molecule has 0 saturated heterocycles. The van der Waals surface area contributed by atoms with E-state index in [2.05, 4.69) is 40.1 Å². The SMILES string of the molecule is COS(=O)(=O)[O-].COS(=O)(=O)[O-].C[n+]1ccn(-c2ccc(NC(=O)Nc3ccc(NC(=O)Nc4ccc(-n5cc[n+](C)n5)cc4)cc3)cc2)n1. The number of nitrogens with one attached hydrogen (secondary N) is 4. The molecule has 4 amide bonds. The van der Waals surface area contributed by atoms with E-state index in [-0.39, 0.29) is 12.1 Å². The lowest BCUT2D eigenvalue weighted by Crippen LogP contribution is -2.30. The maximum absolute atomic E-state index is 12.4. The lowest BCUT2D eigenvalue weighted by atomic mass is 10.2. The highest BCUT2D eigenvalue weighted by Crippen LogP contribution is 2.17. The number of amides is 4. The number of carbonyl (C=O) groups excluding carboxylic acids is 2. The normalized spacial score (nSPS) is 10.8. The molecule has 0 aliphatic rings. The highest BCUT2D eigenvalue weighted by atomic mass is 32.3. The van der Waals surface area contributed by atoms with Crippen molar-refractivity contribution < 1.29 is 53.3 Å². The van der Waals surface area contributed by atoms with Crippen LogP contribution in [-0.4, -0.2) is 72.0 Å². The van der Waals surface area contributed by atoms with Crippen LogP contribution in [0.3, 0.4) is 0 Å². The first-order valence-electron chi connectivity index (χ1n) is 13.9. The van der Waals surface area contributed by atoms with E-state index < -0.39 is 20.8 Å². The number of anilines is 4. The van der Waals surface area contributed by atoms with Crippen LogP contribution >= 0.6 is 0 Å². The zero-order chi connectivity index (χ0) is 36.9. The monoisotopic (exact) mass is 732 g/mol. The van der Waals surface area contributed by atoms with E-state index in [1.807, 2.05) is 63.1 Å². The summed E-state index contributed by atoms with van der Waals surface area (Å²) < 4.78 is 68.9. The van der Waals surface area contributed by atoms with Crippen LogP contribution in [0.25, 0.3) is 11.4 Å². The van der Waals surface area contributed by atoms with Crippen molar-refractivity contribution in [1.82, 2.24) is 19.8 Å². The minimum atomic E-state index is -4.41. The zero-order valence-electron chi connectivity index (χ0n) is 26.8. The molecule has 0 spiro atoms. The summed E-state index contributed by atoms with van der Waals surface area (Å²) in [5.41, 5.74) is 4.20. The molecular weight excluding hydrogens is 701 g/mol. The van der Waals surface area contributed by atoms with Crippen LogP contribution in [0.5, 0.6) is 0 Å². The molecule has 266 valence electrons. The number of hydrogen-bond donors (Lipinski definition) is 4. The van der Waals surface area contributed by atoms with Gasteiger partial charge in [-0.3, -0.25) is 8.37 Å². The van der Waals surface area contributed by atoms with Crippen LogP contribution < -0.4 is 30.6 Å². The van der Waals surface area contributed by atoms with Crippen LogP contribution in [0.4, 0.5) is 32.3 Å². The summed E-state index contributed by atoms with van der Waals surface area (Å²) >= 11 is 0. The Balaban J connectivity index is 0.000000485. The number of benzene rings is 3. The lowest BCUT2D eigenvalue weighted by Gasteiger charge is -2.10. The zero-order valence-corrected chi connectivity index (χ0v) is 28.5. The average molecular weight is 733 g/mol. The first-order valence-corrected chi connectivity index (χ1v) is 16.5. The summed E-state index contributed by atoms with van der Waals surface area (Å²) in [5.74, 6) is 0. The number of urea groups is 2. The molecule has 0 saturated carbocycles. The Hall–Kier alpha value is -5.78. The Morgan fingerprint density at radius 1 is 0.580 bits per heavy atom.